The Hall–Kier alpha value is -1.82. The van der Waals surface area contributed by atoms with Crippen molar-refractivity contribution in [1.82, 2.24) is 5.32 Å². The van der Waals surface area contributed by atoms with Crippen LogP contribution in [0.1, 0.15) is 43.5 Å². The minimum absolute atomic E-state index is 0.158. The lowest BCUT2D eigenvalue weighted by Gasteiger charge is -2.14. The van der Waals surface area contributed by atoms with E-state index in [9.17, 15) is 9.59 Å². The van der Waals surface area contributed by atoms with Crippen LogP contribution in [0.15, 0.2) is 16.5 Å². The summed E-state index contributed by atoms with van der Waals surface area (Å²) in [6.45, 7) is 6.75. The summed E-state index contributed by atoms with van der Waals surface area (Å²) in [7, 11) is 0. The lowest BCUT2D eigenvalue weighted by molar-refractivity contribution is -0.142. The molecule has 0 bridgehead atoms. The second-order valence-corrected chi connectivity index (χ2v) is 5.28. The van der Waals surface area contributed by atoms with Crippen LogP contribution in [0, 0.1) is 11.8 Å². The van der Waals surface area contributed by atoms with Crippen LogP contribution in [0.2, 0.25) is 0 Å². The van der Waals surface area contributed by atoms with Gasteiger partial charge in [0.2, 0.25) is 5.76 Å². The van der Waals surface area contributed by atoms with Gasteiger partial charge in [0.05, 0.1) is 19.1 Å². The monoisotopic (exact) mass is 297 g/mol. The van der Waals surface area contributed by atoms with Crippen LogP contribution in [-0.4, -0.2) is 30.2 Å². The average molecular weight is 297 g/mol. The van der Waals surface area contributed by atoms with Crippen LogP contribution in [0.25, 0.3) is 0 Å². The number of carbonyl (C=O) groups excluding carboxylic acids is 1. The number of aliphatic carboxylic acids is 1. The average Bonchev–Trinajstić information content (AvgIpc) is 2.86. The van der Waals surface area contributed by atoms with E-state index in [2.05, 4.69) is 5.32 Å². The fourth-order valence-corrected chi connectivity index (χ4v) is 1.99. The highest BCUT2D eigenvalue weighted by Crippen LogP contribution is 2.12. The number of hydrogen-bond donors (Lipinski definition) is 2. The third-order valence-corrected chi connectivity index (χ3v) is 2.93. The van der Waals surface area contributed by atoms with Crippen molar-refractivity contribution >= 4 is 11.9 Å². The summed E-state index contributed by atoms with van der Waals surface area (Å²) in [5.41, 5.74) is 0. The summed E-state index contributed by atoms with van der Waals surface area (Å²) in [6, 6.07) is 3.23. The highest BCUT2D eigenvalue weighted by atomic mass is 16.5. The number of nitrogens with one attached hydrogen (secondary N) is 1. The molecule has 0 aliphatic carbocycles. The quantitative estimate of drug-likeness (QED) is 0.680. The highest BCUT2D eigenvalue weighted by molar-refractivity contribution is 5.86. The van der Waals surface area contributed by atoms with E-state index in [1.807, 2.05) is 13.8 Å². The van der Waals surface area contributed by atoms with Gasteiger partial charge < -0.3 is 19.6 Å². The van der Waals surface area contributed by atoms with E-state index < -0.39 is 17.9 Å². The molecule has 0 aromatic carbocycles. The lowest BCUT2D eigenvalue weighted by atomic mass is 9.97. The standard InChI is InChI=1S/C15H23NO5/c1-4-20-15(19)13-6-5-12(21-13)9-16-8-11(14(17)18)7-10(2)3/h5-6,10-11,16H,4,7-9H2,1-3H3,(H,17,18). The second kappa shape index (κ2) is 8.46. The smallest absolute Gasteiger partial charge is 0.374 e. The maximum absolute atomic E-state index is 11.4. The highest BCUT2D eigenvalue weighted by Gasteiger charge is 2.18. The van der Waals surface area contributed by atoms with E-state index in [-0.39, 0.29) is 5.76 Å². The molecule has 2 N–H and O–H groups in total. The molecule has 1 aromatic rings. The second-order valence-electron chi connectivity index (χ2n) is 5.28. The van der Waals surface area contributed by atoms with Gasteiger partial charge in [0.15, 0.2) is 0 Å². The maximum atomic E-state index is 11.4. The van der Waals surface area contributed by atoms with Crippen LogP contribution in [0.5, 0.6) is 0 Å². The zero-order valence-corrected chi connectivity index (χ0v) is 12.7. The van der Waals surface area contributed by atoms with Crippen LogP contribution in [0.3, 0.4) is 0 Å². The Bertz CT molecular complexity index is 466. The summed E-state index contributed by atoms with van der Waals surface area (Å²) in [6.07, 6.45) is 0.620. The Labute approximate surface area is 124 Å². The van der Waals surface area contributed by atoms with E-state index in [0.29, 0.717) is 37.8 Å². The summed E-state index contributed by atoms with van der Waals surface area (Å²) in [5.74, 6) is -0.663. The molecular formula is C15H23NO5. The van der Waals surface area contributed by atoms with Gasteiger partial charge >= 0.3 is 11.9 Å². The Morgan fingerprint density at radius 2 is 2.10 bits per heavy atom. The molecule has 0 aliphatic rings. The first-order chi connectivity index (χ1) is 9.93. The Morgan fingerprint density at radius 1 is 1.38 bits per heavy atom. The van der Waals surface area contributed by atoms with Gasteiger partial charge in [0.1, 0.15) is 5.76 Å². The number of carboxylic acids is 1. The molecule has 1 atom stereocenters. The van der Waals surface area contributed by atoms with Crippen molar-refractivity contribution in [3.05, 3.63) is 23.7 Å². The first-order valence-electron chi connectivity index (χ1n) is 7.13. The zero-order valence-electron chi connectivity index (χ0n) is 12.7. The number of ether oxygens (including phenoxy) is 1. The normalized spacial score (nSPS) is 12.4. The fourth-order valence-electron chi connectivity index (χ4n) is 1.99. The van der Waals surface area contributed by atoms with Crippen LogP contribution >= 0.6 is 0 Å². The number of carbonyl (C=O) groups is 2. The molecule has 1 aromatic heterocycles. The third-order valence-electron chi connectivity index (χ3n) is 2.93. The fraction of sp³-hybridized carbons (Fsp3) is 0.600. The van der Waals surface area contributed by atoms with Crippen molar-refractivity contribution in [3.8, 4) is 0 Å². The molecule has 1 rings (SSSR count). The van der Waals surface area contributed by atoms with Crippen molar-refractivity contribution in [2.24, 2.45) is 11.8 Å². The molecule has 0 amide bonds. The predicted octanol–water partition coefficient (Wildman–Crippen LogP) is 2.29. The van der Waals surface area contributed by atoms with Crippen LogP contribution in [-0.2, 0) is 16.1 Å². The number of rotatable bonds is 9. The van der Waals surface area contributed by atoms with Crippen molar-refractivity contribution in [2.45, 2.75) is 33.7 Å². The van der Waals surface area contributed by atoms with E-state index >= 15 is 0 Å². The molecule has 0 fully saturated rings. The van der Waals surface area contributed by atoms with Crippen molar-refractivity contribution in [2.75, 3.05) is 13.2 Å². The third kappa shape index (κ3) is 5.99. The van der Waals surface area contributed by atoms with Crippen molar-refractivity contribution in [1.29, 1.82) is 0 Å². The molecule has 21 heavy (non-hydrogen) atoms. The maximum Gasteiger partial charge on any atom is 0.374 e. The summed E-state index contributed by atoms with van der Waals surface area (Å²) < 4.78 is 10.2. The molecule has 118 valence electrons. The van der Waals surface area contributed by atoms with Gasteiger partial charge in [0, 0.05) is 6.54 Å². The van der Waals surface area contributed by atoms with Gasteiger partial charge in [-0.15, -0.1) is 0 Å². The van der Waals surface area contributed by atoms with Gasteiger partial charge in [-0.05, 0) is 31.4 Å². The van der Waals surface area contributed by atoms with Gasteiger partial charge in [0.25, 0.3) is 0 Å². The summed E-state index contributed by atoms with van der Waals surface area (Å²) >= 11 is 0. The number of hydrogen-bond acceptors (Lipinski definition) is 5. The summed E-state index contributed by atoms with van der Waals surface area (Å²) in [5, 5.41) is 12.2. The summed E-state index contributed by atoms with van der Waals surface area (Å²) in [4.78, 5) is 22.6. The van der Waals surface area contributed by atoms with Crippen LogP contribution in [0.4, 0.5) is 0 Å². The number of esters is 1. The van der Waals surface area contributed by atoms with Gasteiger partial charge in [-0.2, -0.15) is 0 Å². The largest absolute Gasteiger partial charge is 0.481 e. The molecule has 6 heteroatoms. The Morgan fingerprint density at radius 3 is 2.67 bits per heavy atom. The number of carboxylic acid groups (broad SMARTS) is 1. The molecule has 0 spiro atoms. The topological polar surface area (TPSA) is 88.8 Å². The molecule has 0 aliphatic heterocycles. The molecule has 6 nitrogen and oxygen atoms in total. The molecule has 0 saturated carbocycles. The first kappa shape index (κ1) is 17.2. The number of furan rings is 1. The van der Waals surface area contributed by atoms with Crippen LogP contribution < -0.4 is 5.32 Å². The Balaban J connectivity index is 2.44. The van der Waals surface area contributed by atoms with Gasteiger partial charge in [-0.3, -0.25) is 4.79 Å². The SMILES string of the molecule is CCOC(=O)c1ccc(CNCC(CC(C)C)C(=O)O)o1. The van der Waals surface area contributed by atoms with Crippen molar-refractivity contribution in [3.63, 3.8) is 0 Å². The van der Waals surface area contributed by atoms with E-state index in [1.165, 1.54) is 0 Å². The Kier molecular flexibility index (Phi) is 6.94. The predicted molar refractivity (Wildman–Crippen MR) is 77.0 cm³/mol. The molecule has 0 saturated heterocycles. The minimum atomic E-state index is -0.803. The molecule has 1 unspecified atom stereocenters. The molecular weight excluding hydrogens is 274 g/mol. The first-order valence-corrected chi connectivity index (χ1v) is 7.13. The minimum Gasteiger partial charge on any atom is -0.481 e. The zero-order chi connectivity index (χ0) is 15.8. The van der Waals surface area contributed by atoms with Crippen molar-refractivity contribution < 1.29 is 23.8 Å². The van der Waals surface area contributed by atoms with Gasteiger partial charge in [-0.1, -0.05) is 13.8 Å². The molecule has 1 heterocycles. The van der Waals surface area contributed by atoms with Gasteiger partial charge in [-0.25, -0.2) is 4.79 Å². The van der Waals surface area contributed by atoms with E-state index in [0.717, 1.165) is 0 Å². The molecule has 0 radical (unpaired) electrons. The van der Waals surface area contributed by atoms with E-state index in [1.54, 1.807) is 19.1 Å². The van der Waals surface area contributed by atoms with E-state index in [4.69, 9.17) is 14.3 Å². The lowest BCUT2D eigenvalue weighted by Crippen LogP contribution is -2.29.